The summed E-state index contributed by atoms with van der Waals surface area (Å²) in [5, 5.41) is 0. The van der Waals surface area contributed by atoms with Gasteiger partial charge in [0, 0.05) is 11.5 Å². The number of ether oxygens (including phenoxy) is 3. The van der Waals surface area contributed by atoms with Crippen LogP contribution >= 0.6 is 0 Å². The molecule has 0 aromatic heterocycles. The third kappa shape index (κ3) is 3.53. The summed E-state index contributed by atoms with van der Waals surface area (Å²) in [6.45, 7) is 7.81. The van der Waals surface area contributed by atoms with Crippen LogP contribution in [0.2, 0.25) is 0 Å². The molecule has 2 heterocycles. The summed E-state index contributed by atoms with van der Waals surface area (Å²) >= 11 is 0. The van der Waals surface area contributed by atoms with Gasteiger partial charge in [0.15, 0.2) is 5.78 Å². The molecule has 0 unspecified atom stereocenters. The van der Waals surface area contributed by atoms with Crippen molar-refractivity contribution in [2.45, 2.75) is 65.4 Å². The molecule has 3 rings (SSSR count). The lowest BCUT2D eigenvalue weighted by molar-refractivity contribution is -0.150. The van der Waals surface area contributed by atoms with Gasteiger partial charge in [-0.15, -0.1) is 0 Å². The minimum absolute atomic E-state index is 0.00356. The summed E-state index contributed by atoms with van der Waals surface area (Å²) in [6.07, 6.45) is 6.72. The average Bonchev–Trinajstić information content (AvgIpc) is 3.08. The minimum Gasteiger partial charge on any atom is -0.497 e. The third-order valence-corrected chi connectivity index (χ3v) is 6.24. The Balaban J connectivity index is 2.04. The van der Waals surface area contributed by atoms with Crippen LogP contribution in [0, 0.1) is 11.8 Å². The standard InChI is InChI=1S/C23H30O6/c1-6-7-8-9-10-13(2)20(24)18-19-17(21(25)27-5)15-11-14(3)28-12-16(15)23(19,4)29-22(18)26/h11,13,16H,6-10,12H2,1-5H3/t13-,16+,23-/m0/s1. The second kappa shape index (κ2) is 8.17. The van der Waals surface area contributed by atoms with Crippen LogP contribution in [0.5, 0.6) is 0 Å². The lowest BCUT2D eigenvalue weighted by Crippen LogP contribution is -2.38. The molecule has 6 nitrogen and oxygen atoms in total. The number of hydrogen-bond donors (Lipinski definition) is 0. The average molecular weight is 402 g/mol. The number of rotatable bonds is 8. The van der Waals surface area contributed by atoms with Crippen molar-refractivity contribution in [1.82, 2.24) is 0 Å². The zero-order valence-electron chi connectivity index (χ0n) is 17.9. The second-order valence-corrected chi connectivity index (χ2v) is 8.30. The second-order valence-electron chi connectivity index (χ2n) is 8.30. The van der Waals surface area contributed by atoms with E-state index in [1.807, 2.05) is 6.92 Å². The molecule has 6 heteroatoms. The van der Waals surface area contributed by atoms with E-state index in [0.29, 0.717) is 23.3 Å². The first-order chi connectivity index (χ1) is 13.8. The van der Waals surface area contributed by atoms with Gasteiger partial charge < -0.3 is 14.2 Å². The van der Waals surface area contributed by atoms with Crippen molar-refractivity contribution in [3.05, 3.63) is 34.1 Å². The van der Waals surface area contributed by atoms with E-state index in [2.05, 4.69) is 6.92 Å². The Hall–Kier alpha value is -2.37. The lowest BCUT2D eigenvalue weighted by Gasteiger charge is -2.32. The van der Waals surface area contributed by atoms with Crippen molar-refractivity contribution >= 4 is 17.7 Å². The van der Waals surface area contributed by atoms with Gasteiger partial charge >= 0.3 is 11.9 Å². The van der Waals surface area contributed by atoms with Crippen LogP contribution in [0.15, 0.2) is 34.1 Å². The predicted octanol–water partition coefficient (Wildman–Crippen LogP) is 3.81. The van der Waals surface area contributed by atoms with E-state index in [1.54, 1.807) is 19.9 Å². The van der Waals surface area contributed by atoms with E-state index in [4.69, 9.17) is 14.2 Å². The third-order valence-electron chi connectivity index (χ3n) is 6.24. The molecule has 2 aliphatic heterocycles. The molecule has 1 aliphatic carbocycles. The number of carbonyl (C=O) groups is 3. The van der Waals surface area contributed by atoms with E-state index < -0.39 is 17.5 Å². The van der Waals surface area contributed by atoms with Crippen LogP contribution in [0.3, 0.4) is 0 Å². The molecule has 3 atom stereocenters. The number of allylic oxidation sites excluding steroid dienone is 2. The Morgan fingerprint density at radius 1 is 1.28 bits per heavy atom. The maximum absolute atomic E-state index is 13.3. The van der Waals surface area contributed by atoms with Crippen molar-refractivity contribution in [2.75, 3.05) is 13.7 Å². The summed E-state index contributed by atoms with van der Waals surface area (Å²) < 4.78 is 16.4. The Bertz CT molecular complexity index is 830. The van der Waals surface area contributed by atoms with Crippen molar-refractivity contribution in [3.8, 4) is 0 Å². The predicted molar refractivity (Wildman–Crippen MR) is 107 cm³/mol. The van der Waals surface area contributed by atoms with Crippen LogP contribution in [0.25, 0.3) is 0 Å². The molecule has 0 spiro atoms. The number of methoxy groups -OCH3 is 1. The fraction of sp³-hybridized carbons (Fsp3) is 0.609. The topological polar surface area (TPSA) is 78.9 Å². The number of Topliss-reactive ketones (excluding diaryl/α,β-unsaturated/α-hetero) is 1. The molecular formula is C23H30O6. The normalized spacial score (nSPS) is 26.4. The van der Waals surface area contributed by atoms with Crippen LogP contribution in [-0.4, -0.2) is 37.0 Å². The molecule has 0 amide bonds. The van der Waals surface area contributed by atoms with Gasteiger partial charge in [-0.2, -0.15) is 0 Å². The number of ketones is 1. The molecule has 0 N–H and O–H groups in total. The van der Waals surface area contributed by atoms with Crippen LogP contribution in [0.1, 0.15) is 59.8 Å². The SMILES string of the molecule is CCCCCC[C@H](C)C(=O)C1=C2C(C(=O)OC)=C3C=C(C)OC[C@H]3[C@]2(C)OC1=O. The quantitative estimate of drug-likeness (QED) is 0.349. The maximum Gasteiger partial charge on any atom is 0.343 e. The smallest absolute Gasteiger partial charge is 0.343 e. The fourth-order valence-corrected chi connectivity index (χ4v) is 4.58. The van der Waals surface area contributed by atoms with E-state index in [0.717, 1.165) is 25.7 Å². The number of carbonyl (C=O) groups excluding carboxylic acids is 3. The zero-order chi connectivity index (χ0) is 21.3. The van der Waals surface area contributed by atoms with Gasteiger partial charge in [-0.1, -0.05) is 39.5 Å². The molecule has 29 heavy (non-hydrogen) atoms. The zero-order valence-corrected chi connectivity index (χ0v) is 17.9. The number of hydrogen-bond acceptors (Lipinski definition) is 6. The first-order valence-corrected chi connectivity index (χ1v) is 10.4. The highest BCUT2D eigenvalue weighted by atomic mass is 16.6. The monoisotopic (exact) mass is 402 g/mol. The maximum atomic E-state index is 13.3. The molecule has 0 saturated heterocycles. The van der Waals surface area contributed by atoms with E-state index in [1.165, 1.54) is 7.11 Å². The van der Waals surface area contributed by atoms with Gasteiger partial charge in [0.1, 0.15) is 11.2 Å². The van der Waals surface area contributed by atoms with Crippen molar-refractivity contribution < 1.29 is 28.6 Å². The van der Waals surface area contributed by atoms with Crippen LogP contribution < -0.4 is 0 Å². The first-order valence-electron chi connectivity index (χ1n) is 10.4. The van der Waals surface area contributed by atoms with Gasteiger partial charge in [0.25, 0.3) is 0 Å². The fourth-order valence-electron chi connectivity index (χ4n) is 4.58. The van der Waals surface area contributed by atoms with Gasteiger partial charge in [-0.3, -0.25) is 4.79 Å². The van der Waals surface area contributed by atoms with Gasteiger partial charge in [-0.05, 0) is 31.9 Å². The van der Waals surface area contributed by atoms with Gasteiger partial charge in [-0.25, -0.2) is 9.59 Å². The number of unbranched alkanes of at least 4 members (excludes halogenated alkanes) is 3. The molecule has 0 radical (unpaired) electrons. The van der Waals surface area contributed by atoms with Gasteiger partial charge in [0.05, 0.1) is 31.0 Å². The molecule has 0 saturated carbocycles. The Morgan fingerprint density at radius 2 is 2.00 bits per heavy atom. The molecule has 0 fully saturated rings. The minimum atomic E-state index is -1.10. The highest BCUT2D eigenvalue weighted by molar-refractivity contribution is 6.23. The van der Waals surface area contributed by atoms with E-state index >= 15 is 0 Å². The molecule has 158 valence electrons. The van der Waals surface area contributed by atoms with Crippen LogP contribution in [0.4, 0.5) is 0 Å². The van der Waals surface area contributed by atoms with Crippen LogP contribution in [-0.2, 0) is 28.6 Å². The Morgan fingerprint density at radius 3 is 2.66 bits per heavy atom. The van der Waals surface area contributed by atoms with E-state index in [-0.39, 0.29) is 35.4 Å². The summed E-state index contributed by atoms with van der Waals surface area (Å²) in [6, 6.07) is 0. The van der Waals surface area contributed by atoms with E-state index in [9.17, 15) is 14.4 Å². The summed E-state index contributed by atoms with van der Waals surface area (Å²) in [5.74, 6) is -1.46. The summed E-state index contributed by atoms with van der Waals surface area (Å²) in [5.41, 5.74) is 0.264. The van der Waals surface area contributed by atoms with Crippen molar-refractivity contribution in [3.63, 3.8) is 0 Å². The largest absolute Gasteiger partial charge is 0.497 e. The highest BCUT2D eigenvalue weighted by Crippen LogP contribution is 2.54. The molecule has 3 aliphatic rings. The molecule has 0 aromatic rings. The van der Waals surface area contributed by atoms with Crippen molar-refractivity contribution in [1.29, 1.82) is 0 Å². The number of esters is 2. The summed E-state index contributed by atoms with van der Waals surface area (Å²) in [7, 11) is 1.30. The highest BCUT2D eigenvalue weighted by Gasteiger charge is 2.60. The summed E-state index contributed by atoms with van der Waals surface area (Å²) in [4.78, 5) is 38.7. The van der Waals surface area contributed by atoms with Crippen molar-refractivity contribution in [2.24, 2.45) is 11.8 Å². The Labute approximate surface area is 172 Å². The molecule has 0 bridgehead atoms. The number of fused-ring (bicyclic) bond motifs is 3. The Kier molecular flexibility index (Phi) is 6.01. The lowest BCUT2D eigenvalue weighted by atomic mass is 9.83. The first kappa shape index (κ1) is 21.3. The molecular weight excluding hydrogens is 372 g/mol. The molecule has 0 aromatic carbocycles. The van der Waals surface area contributed by atoms with Gasteiger partial charge in [0.2, 0.25) is 0 Å².